The van der Waals surface area contributed by atoms with Crippen LogP contribution in [0.5, 0.6) is 0 Å². The van der Waals surface area contributed by atoms with E-state index in [0.717, 1.165) is 24.3 Å². The fourth-order valence-electron chi connectivity index (χ4n) is 2.73. The lowest BCUT2D eigenvalue weighted by atomic mass is 10.1. The van der Waals surface area contributed by atoms with Gasteiger partial charge < -0.3 is 15.5 Å². The molecule has 3 nitrogen and oxygen atoms in total. The fraction of sp³-hybridized carbons (Fsp3) is 0.333. The number of nitrogens with one attached hydrogen (secondary N) is 1. The first-order valence-electron chi connectivity index (χ1n) is 6.42. The molecule has 0 bridgehead atoms. The summed E-state index contributed by atoms with van der Waals surface area (Å²) < 4.78 is 5.43. The zero-order valence-corrected chi connectivity index (χ0v) is 10.5. The van der Waals surface area contributed by atoms with Crippen LogP contribution in [0, 0.1) is 0 Å². The Bertz CT molecular complexity index is 533. The van der Waals surface area contributed by atoms with Gasteiger partial charge in [-0.3, -0.25) is 0 Å². The summed E-state index contributed by atoms with van der Waals surface area (Å²) in [6.07, 6.45) is 3.95. The van der Waals surface area contributed by atoms with Crippen molar-refractivity contribution < 1.29 is 4.42 Å². The lowest BCUT2D eigenvalue weighted by Crippen LogP contribution is -2.22. The fourth-order valence-corrected chi connectivity index (χ4v) is 2.73. The third-order valence-electron chi connectivity index (χ3n) is 3.67. The van der Waals surface area contributed by atoms with E-state index in [4.69, 9.17) is 10.2 Å². The van der Waals surface area contributed by atoms with Gasteiger partial charge in [-0.05, 0) is 55.2 Å². The molecule has 0 saturated heterocycles. The molecule has 1 heterocycles. The Labute approximate surface area is 107 Å². The van der Waals surface area contributed by atoms with Gasteiger partial charge in [-0.1, -0.05) is 6.07 Å². The van der Waals surface area contributed by atoms with Crippen LogP contribution in [0.3, 0.4) is 0 Å². The van der Waals surface area contributed by atoms with E-state index in [9.17, 15) is 0 Å². The van der Waals surface area contributed by atoms with Gasteiger partial charge in [0.1, 0.15) is 5.76 Å². The lowest BCUT2D eigenvalue weighted by molar-refractivity contribution is 0.391. The standard InChI is InChI=1S/C15H18N2O/c1-10(15-3-2-8-18-15)17-14-7-4-11-9-12(16)5-6-13(11)14/h2-3,5-6,8-10,14,17H,4,7,16H2,1H3/t10-,14?/m0/s1. The van der Waals surface area contributed by atoms with Crippen molar-refractivity contribution in [2.75, 3.05) is 5.73 Å². The Kier molecular flexibility index (Phi) is 2.84. The van der Waals surface area contributed by atoms with Crippen LogP contribution < -0.4 is 11.1 Å². The molecule has 1 unspecified atom stereocenters. The van der Waals surface area contributed by atoms with Crippen LogP contribution in [-0.4, -0.2) is 0 Å². The molecule has 0 radical (unpaired) electrons. The topological polar surface area (TPSA) is 51.2 Å². The second-order valence-corrected chi connectivity index (χ2v) is 4.95. The van der Waals surface area contributed by atoms with E-state index in [1.165, 1.54) is 11.1 Å². The van der Waals surface area contributed by atoms with E-state index in [1.54, 1.807) is 6.26 Å². The first-order valence-corrected chi connectivity index (χ1v) is 6.42. The van der Waals surface area contributed by atoms with Gasteiger partial charge in [0.25, 0.3) is 0 Å². The summed E-state index contributed by atoms with van der Waals surface area (Å²) in [6, 6.07) is 10.8. The van der Waals surface area contributed by atoms with E-state index >= 15 is 0 Å². The van der Waals surface area contributed by atoms with Crippen molar-refractivity contribution in [2.24, 2.45) is 0 Å². The average Bonchev–Trinajstić information content (AvgIpc) is 2.98. The van der Waals surface area contributed by atoms with Crippen LogP contribution in [0.25, 0.3) is 0 Å². The summed E-state index contributed by atoms with van der Waals surface area (Å²) in [5.74, 6) is 0.985. The molecular formula is C15H18N2O. The highest BCUT2D eigenvalue weighted by molar-refractivity contribution is 5.47. The molecule has 0 aliphatic heterocycles. The summed E-state index contributed by atoms with van der Waals surface area (Å²) in [5.41, 5.74) is 9.43. The zero-order valence-electron chi connectivity index (χ0n) is 10.5. The summed E-state index contributed by atoms with van der Waals surface area (Å²) in [7, 11) is 0. The molecule has 0 fully saturated rings. The Hall–Kier alpha value is -1.74. The highest BCUT2D eigenvalue weighted by Gasteiger charge is 2.24. The first kappa shape index (κ1) is 11.4. The summed E-state index contributed by atoms with van der Waals surface area (Å²) in [6.45, 7) is 2.13. The smallest absolute Gasteiger partial charge is 0.120 e. The van der Waals surface area contributed by atoms with Gasteiger partial charge in [0.05, 0.1) is 12.3 Å². The normalized spacial score (nSPS) is 19.7. The van der Waals surface area contributed by atoms with Crippen molar-refractivity contribution in [2.45, 2.75) is 31.8 Å². The zero-order chi connectivity index (χ0) is 12.5. The Morgan fingerprint density at radius 2 is 2.28 bits per heavy atom. The van der Waals surface area contributed by atoms with Gasteiger partial charge in [0.2, 0.25) is 0 Å². The number of nitrogens with two attached hydrogens (primary N) is 1. The van der Waals surface area contributed by atoms with Crippen LogP contribution in [0.1, 0.15) is 42.3 Å². The number of aryl methyl sites for hydroxylation is 1. The van der Waals surface area contributed by atoms with Crippen molar-refractivity contribution >= 4 is 5.69 Å². The third kappa shape index (κ3) is 2.02. The molecular weight excluding hydrogens is 224 g/mol. The van der Waals surface area contributed by atoms with E-state index in [0.29, 0.717) is 6.04 Å². The Morgan fingerprint density at radius 1 is 1.39 bits per heavy atom. The monoisotopic (exact) mass is 242 g/mol. The molecule has 0 spiro atoms. The number of anilines is 1. The largest absolute Gasteiger partial charge is 0.468 e. The van der Waals surface area contributed by atoms with Crippen molar-refractivity contribution in [3.63, 3.8) is 0 Å². The second kappa shape index (κ2) is 4.50. The quantitative estimate of drug-likeness (QED) is 0.813. The van der Waals surface area contributed by atoms with Gasteiger partial charge >= 0.3 is 0 Å². The van der Waals surface area contributed by atoms with Crippen molar-refractivity contribution in [3.8, 4) is 0 Å². The summed E-state index contributed by atoms with van der Waals surface area (Å²) in [4.78, 5) is 0. The van der Waals surface area contributed by atoms with Crippen molar-refractivity contribution in [3.05, 3.63) is 53.5 Å². The van der Waals surface area contributed by atoms with Gasteiger partial charge in [0.15, 0.2) is 0 Å². The maximum atomic E-state index is 5.82. The van der Waals surface area contributed by atoms with E-state index in [1.807, 2.05) is 18.2 Å². The lowest BCUT2D eigenvalue weighted by Gasteiger charge is -2.19. The highest BCUT2D eigenvalue weighted by Crippen LogP contribution is 2.34. The van der Waals surface area contributed by atoms with Gasteiger partial charge in [-0.15, -0.1) is 0 Å². The molecule has 18 heavy (non-hydrogen) atoms. The second-order valence-electron chi connectivity index (χ2n) is 4.95. The number of hydrogen-bond acceptors (Lipinski definition) is 3. The highest BCUT2D eigenvalue weighted by atomic mass is 16.3. The number of nitrogen functional groups attached to an aromatic ring is 1. The minimum Gasteiger partial charge on any atom is -0.468 e. The Balaban J connectivity index is 1.77. The Morgan fingerprint density at radius 3 is 3.06 bits per heavy atom. The SMILES string of the molecule is C[C@H](NC1CCc2cc(N)ccc21)c1ccco1. The first-order chi connectivity index (χ1) is 8.74. The molecule has 2 aromatic rings. The molecule has 3 N–H and O–H groups in total. The van der Waals surface area contributed by atoms with Gasteiger partial charge in [-0.2, -0.15) is 0 Å². The van der Waals surface area contributed by atoms with Crippen LogP contribution in [0.4, 0.5) is 5.69 Å². The molecule has 0 saturated carbocycles. The molecule has 2 atom stereocenters. The molecule has 1 aliphatic carbocycles. The van der Waals surface area contributed by atoms with E-state index < -0.39 is 0 Å². The molecule has 0 amide bonds. The van der Waals surface area contributed by atoms with E-state index in [2.05, 4.69) is 24.4 Å². The maximum Gasteiger partial charge on any atom is 0.120 e. The van der Waals surface area contributed by atoms with Crippen LogP contribution in [-0.2, 0) is 6.42 Å². The summed E-state index contributed by atoms with van der Waals surface area (Å²) >= 11 is 0. The number of furan rings is 1. The average molecular weight is 242 g/mol. The predicted molar refractivity (Wildman–Crippen MR) is 72.2 cm³/mol. The number of hydrogen-bond donors (Lipinski definition) is 2. The van der Waals surface area contributed by atoms with E-state index in [-0.39, 0.29) is 6.04 Å². The minimum absolute atomic E-state index is 0.230. The van der Waals surface area contributed by atoms with Crippen LogP contribution in [0.15, 0.2) is 41.0 Å². The van der Waals surface area contributed by atoms with Crippen molar-refractivity contribution in [1.82, 2.24) is 5.32 Å². The minimum atomic E-state index is 0.230. The van der Waals surface area contributed by atoms with Crippen molar-refractivity contribution in [1.29, 1.82) is 0 Å². The van der Waals surface area contributed by atoms with Gasteiger partial charge in [0, 0.05) is 11.7 Å². The number of fused-ring (bicyclic) bond motifs is 1. The molecule has 3 rings (SSSR count). The molecule has 3 heteroatoms. The number of rotatable bonds is 3. The maximum absolute atomic E-state index is 5.82. The predicted octanol–water partition coefficient (Wildman–Crippen LogP) is 3.20. The van der Waals surface area contributed by atoms with Crippen LogP contribution in [0.2, 0.25) is 0 Å². The molecule has 1 aromatic carbocycles. The van der Waals surface area contributed by atoms with Crippen LogP contribution >= 0.6 is 0 Å². The summed E-state index contributed by atoms with van der Waals surface area (Å²) in [5, 5.41) is 3.62. The molecule has 94 valence electrons. The molecule has 1 aromatic heterocycles. The third-order valence-corrected chi connectivity index (χ3v) is 3.67. The molecule has 1 aliphatic rings. The van der Waals surface area contributed by atoms with Gasteiger partial charge in [-0.25, -0.2) is 0 Å². The number of benzene rings is 1.